The molecule has 0 atom stereocenters. The standard InChI is InChI=1S/C13H14N4O/c1-16-12(4-5-15-16)13(18)17-7-9-2-3-11(14)6-10(9)8-17/h2-6H,7-8,14H2,1H3. The number of nitrogens with two attached hydrogens (primary N) is 1. The van der Waals surface area contributed by atoms with Gasteiger partial charge in [-0.1, -0.05) is 6.07 Å². The van der Waals surface area contributed by atoms with E-state index < -0.39 is 0 Å². The fourth-order valence-electron chi connectivity index (χ4n) is 2.30. The van der Waals surface area contributed by atoms with Crippen molar-refractivity contribution in [1.82, 2.24) is 14.7 Å². The number of benzene rings is 1. The highest BCUT2D eigenvalue weighted by molar-refractivity contribution is 5.92. The van der Waals surface area contributed by atoms with Crippen molar-refractivity contribution in [3.63, 3.8) is 0 Å². The van der Waals surface area contributed by atoms with Crippen molar-refractivity contribution in [2.24, 2.45) is 7.05 Å². The molecule has 92 valence electrons. The van der Waals surface area contributed by atoms with Crippen LogP contribution in [0.15, 0.2) is 30.5 Å². The first-order chi connectivity index (χ1) is 8.65. The van der Waals surface area contributed by atoms with Gasteiger partial charge in [0.25, 0.3) is 5.91 Å². The minimum Gasteiger partial charge on any atom is -0.399 e. The number of carbonyl (C=O) groups is 1. The van der Waals surface area contributed by atoms with E-state index in [1.165, 1.54) is 5.56 Å². The second-order valence-corrected chi connectivity index (χ2v) is 4.53. The first-order valence-corrected chi connectivity index (χ1v) is 5.80. The SMILES string of the molecule is Cn1nccc1C(=O)N1Cc2ccc(N)cc2C1. The van der Waals surface area contributed by atoms with Crippen molar-refractivity contribution in [3.8, 4) is 0 Å². The van der Waals surface area contributed by atoms with E-state index in [9.17, 15) is 4.79 Å². The van der Waals surface area contributed by atoms with Crippen molar-refractivity contribution in [3.05, 3.63) is 47.3 Å². The van der Waals surface area contributed by atoms with E-state index in [1.54, 1.807) is 28.9 Å². The maximum atomic E-state index is 12.3. The van der Waals surface area contributed by atoms with Crippen LogP contribution in [0.5, 0.6) is 0 Å². The third-order valence-electron chi connectivity index (χ3n) is 3.28. The van der Waals surface area contributed by atoms with Crippen LogP contribution in [0.2, 0.25) is 0 Å². The molecule has 0 fully saturated rings. The topological polar surface area (TPSA) is 64.2 Å². The summed E-state index contributed by atoms with van der Waals surface area (Å²) in [5.41, 5.74) is 9.40. The zero-order valence-electron chi connectivity index (χ0n) is 10.1. The Balaban J connectivity index is 1.86. The number of amides is 1. The molecule has 1 aromatic carbocycles. The third kappa shape index (κ3) is 1.64. The molecule has 1 amide bonds. The second-order valence-electron chi connectivity index (χ2n) is 4.53. The maximum Gasteiger partial charge on any atom is 0.272 e. The van der Waals surface area contributed by atoms with Gasteiger partial charge in [-0.3, -0.25) is 9.48 Å². The van der Waals surface area contributed by atoms with Crippen molar-refractivity contribution in [2.45, 2.75) is 13.1 Å². The van der Waals surface area contributed by atoms with Crippen molar-refractivity contribution >= 4 is 11.6 Å². The van der Waals surface area contributed by atoms with Crippen LogP contribution >= 0.6 is 0 Å². The molecule has 2 N–H and O–H groups in total. The fraction of sp³-hybridized carbons (Fsp3) is 0.231. The molecule has 0 saturated heterocycles. The quantitative estimate of drug-likeness (QED) is 0.763. The number of carbonyl (C=O) groups excluding carboxylic acids is 1. The summed E-state index contributed by atoms with van der Waals surface area (Å²) < 4.78 is 1.60. The van der Waals surface area contributed by atoms with Gasteiger partial charge in [-0.25, -0.2) is 0 Å². The van der Waals surface area contributed by atoms with Crippen LogP contribution in [-0.4, -0.2) is 20.6 Å². The largest absolute Gasteiger partial charge is 0.399 e. The van der Waals surface area contributed by atoms with Gasteiger partial charge < -0.3 is 10.6 Å². The molecule has 5 heteroatoms. The molecular formula is C13H14N4O. The van der Waals surface area contributed by atoms with Crippen molar-refractivity contribution < 1.29 is 4.79 Å². The van der Waals surface area contributed by atoms with Crippen LogP contribution in [0.1, 0.15) is 21.6 Å². The molecule has 5 nitrogen and oxygen atoms in total. The summed E-state index contributed by atoms with van der Waals surface area (Å²) >= 11 is 0. The minimum atomic E-state index is 0.00442. The van der Waals surface area contributed by atoms with E-state index in [-0.39, 0.29) is 5.91 Å². The lowest BCUT2D eigenvalue weighted by Gasteiger charge is -2.15. The predicted molar refractivity (Wildman–Crippen MR) is 67.6 cm³/mol. The Bertz CT molecular complexity index is 617. The second kappa shape index (κ2) is 3.87. The Kier molecular flexibility index (Phi) is 2.33. The number of nitrogens with zero attached hydrogens (tertiary/aromatic N) is 3. The number of aromatic nitrogens is 2. The van der Waals surface area contributed by atoms with Gasteiger partial charge in [0.1, 0.15) is 5.69 Å². The van der Waals surface area contributed by atoms with E-state index >= 15 is 0 Å². The van der Waals surface area contributed by atoms with Crippen LogP contribution in [0.25, 0.3) is 0 Å². The molecule has 0 spiro atoms. The molecule has 1 aliphatic heterocycles. The van der Waals surface area contributed by atoms with Gasteiger partial charge in [0.05, 0.1) is 0 Å². The Morgan fingerprint density at radius 1 is 1.28 bits per heavy atom. The molecule has 0 bridgehead atoms. The van der Waals surface area contributed by atoms with Crippen LogP contribution in [0, 0.1) is 0 Å². The molecule has 0 unspecified atom stereocenters. The normalized spacial score (nSPS) is 13.7. The molecule has 18 heavy (non-hydrogen) atoms. The number of aryl methyl sites for hydroxylation is 1. The van der Waals surface area contributed by atoms with Crippen LogP contribution in [0.4, 0.5) is 5.69 Å². The van der Waals surface area contributed by atoms with E-state index in [0.29, 0.717) is 18.8 Å². The number of anilines is 1. The summed E-state index contributed by atoms with van der Waals surface area (Å²) in [6, 6.07) is 7.53. The first-order valence-electron chi connectivity index (χ1n) is 5.80. The highest BCUT2D eigenvalue weighted by Gasteiger charge is 2.25. The van der Waals surface area contributed by atoms with E-state index in [1.807, 2.05) is 18.2 Å². The smallest absolute Gasteiger partial charge is 0.272 e. The average Bonchev–Trinajstić information content (AvgIpc) is 2.93. The van der Waals surface area contributed by atoms with E-state index in [4.69, 9.17) is 5.73 Å². The molecule has 2 aromatic rings. The molecule has 1 aromatic heterocycles. The zero-order valence-corrected chi connectivity index (χ0v) is 10.1. The molecule has 0 saturated carbocycles. The van der Waals surface area contributed by atoms with E-state index in [2.05, 4.69) is 5.10 Å². The molecule has 2 heterocycles. The summed E-state index contributed by atoms with van der Waals surface area (Å²) in [4.78, 5) is 14.1. The first kappa shape index (κ1) is 10.8. The molecule has 0 aliphatic carbocycles. The van der Waals surface area contributed by atoms with Crippen LogP contribution < -0.4 is 5.73 Å². The molecular weight excluding hydrogens is 228 g/mol. The highest BCUT2D eigenvalue weighted by atomic mass is 16.2. The Morgan fingerprint density at radius 3 is 2.78 bits per heavy atom. The van der Waals surface area contributed by atoms with Gasteiger partial charge in [-0.05, 0) is 29.3 Å². The Labute approximate surface area is 105 Å². The van der Waals surface area contributed by atoms with Gasteiger partial charge in [-0.15, -0.1) is 0 Å². The average molecular weight is 242 g/mol. The summed E-state index contributed by atoms with van der Waals surface area (Å²) in [5, 5.41) is 4.02. The van der Waals surface area contributed by atoms with Gasteiger partial charge in [0.2, 0.25) is 0 Å². The molecule has 3 rings (SSSR count). The summed E-state index contributed by atoms with van der Waals surface area (Å²) in [5.74, 6) is 0.00442. The third-order valence-corrected chi connectivity index (χ3v) is 3.28. The summed E-state index contributed by atoms with van der Waals surface area (Å²) in [7, 11) is 1.77. The maximum absolute atomic E-state index is 12.3. The van der Waals surface area contributed by atoms with Crippen LogP contribution in [-0.2, 0) is 20.1 Å². The molecule has 0 radical (unpaired) electrons. The van der Waals surface area contributed by atoms with Crippen molar-refractivity contribution in [2.75, 3.05) is 5.73 Å². The van der Waals surface area contributed by atoms with Gasteiger partial charge in [-0.2, -0.15) is 5.10 Å². The number of hydrogen-bond donors (Lipinski definition) is 1. The number of hydrogen-bond acceptors (Lipinski definition) is 3. The highest BCUT2D eigenvalue weighted by Crippen LogP contribution is 2.25. The predicted octanol–water partition coefficient (Wildman–Crippen LogP) is 1.16. The van der Waals surface area contributed by atoms with Crippen LogP contribution in [0.3, 0.4) is 0 Å². The zero-order chi connectivity index (χ0) is 12.7. The lowest BCUT2D eigenvalue weighted by molar-refractivity contribution is 0.0740. The number of fused-ring (bicyclic) bond motifs is 1. The van der Waals surface area contributed by atoms with Gasteiger partial charge in [0, 0.05) is 32.0 Å². The van der Waals surface area contributed by atoms with E-state index in [0.717, 1.165) is 11.3 Å². The molecule has 1 aliphatic rings. The minimum absolute atomic E-state index is 0.00442. The monoisotopic (exact) mass is 242 g/mol. The van der Waals surface area contributed by atoms with Crippen molar-refractivity contribution in [1.29, 1.82) is 0 Å². The van der Waals surface area contributed by atoms with Gasteiger partial charge >= 0.3 is 0 Å². The fourth-order valence-corrected chi connectivity index (χ4v) is 2.30. The summed E-state index contributed by atoms with van der Waals surface area (Å²) in [6.07, 6.45) is 1.63. The number of rotatable bonds is 1. The lowest BCUT2D eigenvalue weighted by Crippen LogP contribution is -2.27. The van der Waals surface area contributed by atoms with Gasteiger partial charge in [0.15, 0.2) is 0 Å². The Morgan fingerprint density at radius 2 is 2.06 bits per heavy atom. The lowest BCUT2D eigenvalue weighted by atomic mass is 10.1. The number of nitrogen functional groups attached to an aromatic ring is 1. The Hall–Kier alpha value is -2.30. The summed E-state index contributed by atoms with van der Waals surface area (Å²) in [6.45, 7) is 1.25.